The quantitative estimate of drug-likeness (QED) is 0.637. The van der Waals surface area contributed by atoms with Crippen LogP contribution in [-0.4, -0.2) is 15.9 Å². The van der Waals surface area contributed by atoms with Crippen LogP contribution < -0.4 is 10.1 Å². The minimum absolute atomic E-state index is 0.0136. The molecule has 28 heavy (non-hydrogen) atoms. The first-order chi connectivity index (χ1) is 13.2. The van der Waals surface area contributed by atoms with Gasteiger partial charge in [-0.3, -0.25) is 4.79 Å². The SMILES string of the molecule is Cc1ccc2c(c1)C(=O)/C(=C\NC(C)(C)C)C(c1cn(C)c3ccccc13)O2. The standard InChI is InChI=1S/C24H26N2O2/c1-15-10-11-21-17(12-15)22(27)18(13-25-24(2,3)4)23(28-21)19-14-26(5)20-9-7-6-8-16(19)20/h6-14,23,25H,1-5H3/b18-13+. The van der Waals surface area contributed by atoms with Gasteiger partial charge in [-0.05, 0) is 45.9 Å². The maximum Gasteiger partial charge on any atom is 0.198 e. The first-order valence-corrected chi connectivity index (χ1v) is 9.58. The van der Waals surface area contributed by atoms with Gasteiger partial charge in [0, 0.05) is 41.4 Å². The predicted octanol–water partition coefficient (Wildman–Crippen LogP) is 5.08. The molecule has 1 unspecified atom stereocenters. The number of benzene rings is 2. The summed E-state index contributed by atoms with van der Waals surface area (Å²) in [4.78, 5) is 13.4. The lowest BCUT2D eigenvalue weighted by Gasteiger charge is -2.29. The lowest BCUT2D eigenvalue weighted by atomic mass is 9.90. The maximum absolute atomic E-state index is 13.4. The van der Waals surface area contributed by atoms with Crippen molar-refractivity contribution in [2.24, 2.45) is 7.05 Å². The fourth-order valence-electron chi connectivity index (χ4n) is 3.64. The van der Waals surface area contributed by atoms with E-state index in [-0.39, 0.29) is 11.3 Å². The molecule has 0 spiro atoms. The second-order valence-corrected chi connectivity index (χ2v) is 8.53. The van der Waals surface area contributed by atoms with E-state index in [4.69, 9.17) is 4.74 Å². The largest absolute Gasteiger partial charge is 0.480 e. The Morgan fingerprint density at radius 2 is 1.89 bits per heavy atom. The van der Waals surface area contributed by atoms with Gasteiger partial charge in [-0.15, -0.1) is 0 Å². The van der Waals surface area contributed by atoms with Crippen molar-refractivity contribution in [3.05, 3.63) is 77.1 Å². The highest BCUT2D eigenvalue weighted by molar-refractivity contribution is 6.12. The van der Waals surface area contributed by atoms with Crippen LogP contribution in [0.15, 0.2) is 60.4 Å². The summed E-state index contributed by atoms with van der Waals surface area (Å²) in [7, 11) is 2.02. The van der Waals surface area contributed by atoms with Crippen LogP contribution >= 0.6 is 0 Å². The Bertz CT molecular complexity index is 1100. The summed E-state index contributed by atoms with van der Waals surface area (Å²) in [6.07, 6.45) is 3.44. The Balaban J connectivity index is 1.90. The van der Waals surface area contributed by atoms with Gasteiger partial charge in [0.1, 0.15) is 5.75 Å². The number of aromatic nitrogens is 1. The van der Waals surface area contributed by atoms with Crippen molar-refractivity contribution in [3.63, 3.8) is 0 Å². The monoisotopic (exact) mass is 374 g/mol. The number of hydrogen-bond acceptors (Lipinski definition) is 3. The normalized spacial score (nSPS) is 18.2. The fraction of sp³-hybridized carbons (Fsp3) is 0.292. The van der Waals surface area contributed by atoms with Crippen molar-refractivity contribution in [1.82, 2.24) is 9.88 Å². The second kappa shape index (κ2) is 6.55. The molecule has 0 aliphatic carbocycles. The Labute approximate surface area is 165 Å². The van der Waals surface area contributed by atoms with Crippen molar-refractivity contribution < 1.29 is 9.53 Å². The van der Waals surface area contributed by atoms with Crippen LogP contribution in [0.2, 0.25) is 0 Å². The molecule has 4 rings (SSSR count). The number of Topliss-reactive ketones (excluding diaryl/α,β-unsaturated/α-hetero) is 1. The average Bonchev–Trinajstić information content (AvgIpc) is 2.97. The van der Waals surface area contributed by atoms with Crippen LogP contribution in [-0.2, 0) is 7.05 Å². The molecule has 0 fully saturated rings. The Morgan fingerprint density at radius 1 is 1.14 bits per heavy atom. The average molecular weight is 374 g/mol. The van der Waals surface area contributed by atoms with E-state index >= 15 is 0 Å². The van der Waals surface area contributed by atoms with Crippen molar-refractivity contribution in [2.45, 2.75) is 39.3 Å². The molecule has 0 saturated carbocycles. The zero-order valence-electron chi connectivity index (χ0n) is 17.0. The third-order valence-electron chi connectivity index (χ3n) is 5.04. The van der Waals surface area contributed by atoms with Crippen molar-refractivity contribution in [1.29, 1.82) is 0 Å². The van der Waals surface area contributed by atoms with Crippen molar-refractivity contribution in [3.8, 4) is 5.75 Å². The molecule has 2 aromatic carbocycles. The number of carbonyl (C=O) groups is 1. The summed E-state index contributed by atoms with van der Waals surface area (Å²) in [5, 5.41) is 4.45. The number of ether oxygens (including phenoxy) is 1. The van der Waals surface area contributed by atoms with Crippen LogP contribution in [0.5, 0.6) is 5.75 Å². The van der Waals surface area contributed by atoms with E-state index in [1.54, 1.807) is 0 Å². The van der Waals surface area contributed by atoms with Crippen molar-refractivity contribution in [2.75, 3.05) is 0 Å². The number of para-hydroxylation sites is 1. The molecule has 1 atom stereocenters. The molecule has 0 amide bonds. The molecule has 0 radical (unpaired) electrons. The molecule has 144 valence electrons. The van der Waals surface area contributed by atoms with Crippen LogP contribution in [0.25, 0.3) is 10.9 Å². The molecule has 3 aromatic rings. The van der Waals surface area contributed by atoms with E-state index in [2.05, 4.69) is 49.0 Å². The molecule has 0 saturated heterocycles. The van der Waals surface area contributed by atoms with E-state index in [1.807, 2.05) is 50.5 Å². The lowest BCUT2D eigenvalue weighted by molar-refractivity contribution is 0.0960. The van der Waals surface area contributed by atoms with E-state index < -0.39 is 6.10 Å². The van der Waals surface area contributed by atoms with E-state index in [0.29, 0.717) is 16.9 Å². The zero-order valence-corrected chi connectivity index (χ0v) is 17.0. The van der Waals surface area contributed by atoms with Gasteiger partial charge in [0.2, 0.25) is 0 Å². The molecule has 1 aliphatic rings. The van der Waals surface area contributed by atoms with Gasteiger partial charge in [-0.25, -0.2) is 0 Å². The number of nitrogens with one attached hydrogen (secondary N) is 1. The van der Waals surface area contributed by atoms with Gasteiger partial charge in [0.15, 0.2) is 11.9 Å². The maximum atomic E-state index is 13.4. The number of fused-ring (bicyclic) bond motifs is 2. The summed E-state index contributed by atoms with van der Waals surface area (Å²) >= 11 is 0. The number of rotatable bonds is 2. The van der Waals surface area contributed by atoms with Gasteiger partial charge in [0.25, 0.3) is 0 Å². The van der Waals surface area contributed by atoms with Gasteiger partial charge in [-0.2, -0.15) is 0 Å². The molecule has 2 heterocycles. The first kappa shape index (κ1) is 18.4. The summed E-state index contributed by atoms with van der Waals surface area (Å²) in [6, 6.07) is 14.0. The molecule has 4 nitrogen and oxygen atoms in total. The minimum Gasteiger partial charge on any atom is -0.480 e. The topological polar surface area (TPSA) is 43.3 Å². The number of carbonyl (C=O) groups excluding carboxylic acids is 1. The van der Waals surface area contributed by atoms with Crippen LogP contribution in [0.1, 0.15) is 48.4 Å². The highest BCUT2D eigenvalue weighted by Gasteiger charge is 2.35. The van der Waals surface area contributed by atoms with Gasteiger partial charge in [0.05, 0.1) is 11.1 Å². The molecular formula is C24H26N2O2. The summed E-state index contributed by atoms with van der Waals surface area (Å²) < 4.78 is 8.48. The first-order valence-electron chi connectivity index (χ1n) is 9.58. The predicted molar refractivity (Wildman–Crippen MR) is 113 cm³/mol. The second-order valence-electron chi connectivity index (χ2n) is 8.53. The van der Waals surface area contributed by atoms with E-state index in [9.17, 15) is 4.79 Å². The molecule has 1 aliphatic heterocycles. The fourth-order valence-corrected chi connectivity index (χ4v) is 3.64. The summed E-state index contributed by atoms with van der Waals surface area (Å²) in [5.74, 6) is 0.654. The highest BCUT2D eigenvalue weighted by atomic mass is 16.5. The highest BCUT2D eigenvalue weighted by Crippen LogP contribution is 2.41. The smallest absolute Gasteiger partial charge is 0.198 e. The molecule has 1 aromatic heterocycles. The number of aryl methyl sites for hydroxylation is 2. The lowest BCUT2D eigenvalue weighted by Crippen LogP contribution is -2.34. The van der Waals surface area contributed by atoms with Crippen LogP contribution in [0.4, 0.5) is 0 Å². The summed E-state index contributed by atoms with van der Waals surface area (Å²) in [5.41, 5.74) is 4.26. The van der Waals surface area contributed by atoms with Gasteiger partial charge < -0.3 is 14.6 Å². The third kappa shape index (κ3) is 3.19. The van der Waals surface area contributed by atoms with Crippen LogP contribution in [0.3, 0.4) is 0 Å². The minimum atomic E-state index is -0.455. The third-order valence-corrected chi connectivity index (χ3v) is 5.04. The van der Waals surface area contributed by atoms with Gasteiger partial charge >= 0.3 is 0 Å². The Hall–Kier alpha value is -3.01. The van der Waals surface area contributed by atoms with E-state index in [1.165, 1.54) is 0 Å². The Morgan fingerprint density at radius 3 is 2.64 bits per heavy atom. The molecule has 0 bridgehead atoms. The molecule has 4 heteroatoms. The number of hydrogen-bond donors (Lipinski definition) is 1. The van der Waals surface area contributed by atoms with Gasteiger partial charge in [-0.1, -0.05) is 29.8 Å². The van der Waals surface area contributed by atoms with E-state index in [0.717, 1.165) is 22.0 Å². The zero-order chi connectivity index (χ0) is 20.1. The van der Waals surface area contributed by atoms with Crippen molar-refractivity contribution >= 4 is 16.7 Å². The molecular weight excluding hydrogens is 348 g/mol. The number of ketones is 1. The number of nitrogens with zero attached hydrogens (tertiary/aromatic N) is 1. The molecule has 1 N–H and O–H groups in total. The summed E-state index contributed by atoms with van der Waals surface area (Å²) in [6.45, 7) is 8.21. The Kier molecular flexibility index (Phi) is 4.30. The van der Waals surface area contributed by atoms with Crippen LogP contribution in [0, 0.1) is 6.92 Å².